The molecule has 2 aliphatic rings. The maximum absolute atomic E-state index is 12.9. The molecule has 120 valence electrons. The Morgan fingerprint density at radius 2 is 1.71 bits per heavy atom. The summed E-state index contributed by atoms with van der Waals surface area (Å²) in [5.74, 6) is -0.601. The van der Waals surface area contributed by atoms with Gasteiger partial charge < -0.3 is 4.84 Å². The van der Waals surface area contributed by atoms with E-state index in [4.69, 9.17) is 4.84 Å². The number of hydrogen-bond acceptors (Lipinski definition) is 4. The molecule has 2 aromatic carbocycles. The first kappa shape index (κ1) is 14.6. The number of amides is 2. The van der Waals surface area contributed by atoms with Gasteiger partial charge in [0.2, 0.25) is 11.5 Å². The Morgan fingerprint density at radius 3 is 2.42 bits per heavy atom. The Kier molecular flexibility index (Phi) is 3.23. The van der Waals surface area contributed by atoms with E-state index in [0.717, 1.165) is 11.1 Å². The van der Waals surface area contributed by atoms with Gasteiger partial charge in [0, 0.05) is 6.42 Å². The number of rotatable bonds is 2. The molecule has 24 heavy (non-hydrogen) atoms. The molecule has 2 heterocycles. The zero-order valence-electron chi connectivity index (χ0n) is 13.2. The van der Waals surface area contributed by atoms with Gasteiger partial charge >= 0.3 is 0 Å². The number of imide groups is 1. The van der Waals surface area contributed by atoms with E-state index in [1.165, 1.54) is 4.90 Å². The summed E-state index contributed by atoms with van der Waals surface area (Å²) in [5, 5.41) is 4.10. The molecule has 1 spiro atoms. The Balaban J connectivity index is 1.61. The third-order valence-electron chi connectivity index (χ3n) is 4.46. The van der Waals surface area contributed by atoms with Gasteiger partial charge in [0.25, 0.3) is 5.91 Å². The second-order valence-electron chi connectivity index (χ2n) is 6.21. The van der Waals surface area contributed by atoms with Crippen molar-refractivity contribution in [2.75, 3.05) is 4.90 Å². The number of carbonyl (C=O) groups excluding carboxylic acids is 2. The second kappa shape index (κ2) is 5.30. The normalized spacial score (nSPS) is 22.9. The van der Waals surface area contributed by atoms with Crippen molar-refractivity contribution in [2.45, 2.75) is 25.4 Å². The maximum atomic E-state index is 12.9. The van der Waals surface area contributed by atoms with E-state index < -0.39 is 5.60 Å². The molecular formula is C19H16N2O3. The highest BCUT2D eigenvalue weighted by Gasteiger charge is 2.57. The van der Waals surface area contributed by atoms with Crippen LogP contribution in [-0.2, 0) is 14.4 Å². The van der Waals surface area contributed by atoms with Crippen LogP contribution in [0.15, 0.2) is 59.8 Å². The smallest absolute Gasteiger partial charge is 0.281 e. The summed E-state index contributed by atoms with van der Waals surface area (Å²) in [7, 11) is 0. The zero-order valence-corrected chi connectivity index (χ0v) is 13.2. The largest absolute Gasteiger partial charge is 0.378 e. The summed E-state index contributed by atoms with van der Waals surface area (Å²) in [6, 6.07) is 16.8. The van der Waals surface area contributed by atoms with Crippen LogP contribution in [0.3, 0.4) is 0 Å². The minimum absolute atomic E-state index is 0.0135. The molecule has 2 amide bonds. The monoisotopic (exact) mass is 320 g/mol. The van der Waals surface area contributed by atoms with Crippen LogP contribution in [0.1, 0.15) is 24.0 Å². The molecule has 2 aromatic rings. The average molecular weight is 320 g/mol. The van der Waals surface area contributed by atoms with E-state index >= 15 is 0 Å². The summed E-state index contributed by atoms with van der Waals surface area (Å²) in [6.07, 6.45) is 0.323. The maximum Gasteiger partial charge on any atom is 0.281 e. The lowest BCUT2D eigenvalue weighted by Crippen LogP contribution is -2.40. The van der Waals surface area contributed by atoms with E-state index in [1.54, 1.807) is 24.3 Å². The van der Waals surface area contributed by atoms with Crippen LogP contribution in [0.2, 0.25) is 0 Å². The van der Waals surface area contributed by atoms with Gasteiger partial charge in [0.15, 0.2) is 0 Å². The molecule has 0 saturated carbocycles. The van der Waals surface area contributed by atoms with E-state index in [-0.39, 0.29) is 18.2 Å². The van der Waals surface area contributed by atoms with Crippen LogP contribution >= 0.6 is 0 Å². The van der Waals surface area contributed by atoms with Crippen molar-refractivity contribution in [3.8, 4) is 0 Å². The fourth-order valence-electron chi connectivity index (χ4n) is 3.14. The van der Waals surface area contributed by atoms with Crippen molar-refractivity contribution in [3.63, 3.8) is 0 Å². The SMILES string of the molecule is Cc1ccc(C2=NO[C@]3(CC(=O)N(c4ccccc4)C3=O)C2)cc1. The Hall–Kier alpha value is -2.95. The van der Waals surface area contributed by atoms with Crippen molar-refractivity contribution in [2.24, 2.45) is 5.16 Å². The molecule has 0 unspecified atom stereocenters. The summed E-state index contributed by atoms with van der Waals surface area (Å²) < 4.78 is 0. The Morgan fingerprint density at radius 1 is 1.00 bits per heavy atom. The molecule has 5 heteroatoms. The lowest BCUT2D eigenvalue weighted by atomic mass is 9.92. The first-order valence-corrected chi connectivity index (χ1v) is 7.84. The lowest BCUT2D eigenvalue weighted by Gasteiger charge is -2.19. The molecule has 1 atom stereocenters. The molecule has 1 fully saturated rings. The van der Waals surface area contributed by atoms with Gasteiger partial charge in [-0.05, 0) is 24.6 Å². The molecule has 0 radical (unpaired) electrons. The first-order valence-electron chi connectivity index (χ1n) is 7.84. The highest BCUT2D eigenvalue weighted by molar-refractivity contribution is 6.25. The van der Waals surface area contributed by atoms with Crippen molar-refractivity contribution >= 4 is 23.2 Å². The van der Waals surface area contributed by atoms with E-state index in [0.29, 0.717) is 17.8 Å². The highest BCUT2D eigenvalue weighted by Crippen LogP contribution is 2.39. The highest BCUT2D eigenvalue weighted by atomic mass is 16.7. The van der Waals surface area contributed by atoms with Gasteiger partial charge in [-0.1, -0.05) is 53.2 Å². The quantitative estimate of drug-likeness (QED) is 0.800. The van der Waals surface area contributed by atoms with E-state index in [9.17, 15) is 9.59 Å². The number of oxime groups is 1. The predicted molar refractivity (Wildman–Crippen MR) is 89.7 cm³/mol. The van der Waals surface area contributed by atoms with Gasteiger partial charge in [-0.3, -0.25) is 9.59 Å². The summed E-state index contributed by atoms with van der Waals surface area (Å²) in [6.45, 7) is 2.01. The molecule has 0 N–H and O–H groups in total. The summed E-state index contributed by atoms with van der Waals surface area (Å²) in [4.78, 5) is 32.0. The van der Waals surface area contributed by atoms with Crippen molar-refractivity contribution in [1.82, 2.24) is 0 Å². The van der Waals surface area contributed by atoms with Crippen LogP contribution in [-0.4, -0.2) is 23.1 Å². The average Bonchev–Trinajstić information content (AvgIpc) is 3.11. The Labute approximate surface area is 139 Å². The zero-order chi connectivity index (χ0) is 16.7. The van der Waals surface area contributed by atoms with Crippen molar-refractivity contribution in [1.29, 1.82) is 0 Å². The number of nitrogens with zero attached hydrogens (tertiary/aromatic N) is 2. The predicted octanol–water partition coefficient (Wildman–Crippen LogP) is 2.82. The van der Waals surface area contributed by atoms with Crippen LogP contribution in [0.4, 0.5) is 5.69 Å². The number of anilines is 1. The van der Waals surface area contributed by atoms with Crippen LogP contribution in [0.25, 0.3) is 0 Å². The fraction of sp³-hybridized carbons (Fsp3) is 0.211. The van der Waals surface area contributed by atoms with Crippen LogP contribution in [0, 0.1) is 6.92 Å². The summed E-state index contributed by atoms with van der Waals surface area (Å²) >= 11 is 0. The van der Waals surface area contributed by atoms with Crippen molar-refractivity contribution in [3.05, 3.63) is 65.7 Å². The fourth-order valence-corrected chi connectivity index (χ4v) is 3.14. The number of benzene rings is 2. The van der Waals surface area contributed by atoms with Crippen molar-refractivity contribution < 1.29 is 14.4 Å². The number of carbonyl (C=O) groups is 2. The van der Waals surface area contributed by atoms with E-state index in [2.05, 4.69) is 5.16 Å². The van der Waals surface area contributed by atoms with Crippen LogP contribution < -0.4 is 4.90 Å². The first-order chi connectivity index (χ1) is 11.6. The molecule has 2 aliphatic heterocycles. The van der Waals surface area contributed by atoms with Gasteiger partial charge in [-0.25, -0.2) is 4.90 Å². The van der Waals surface area contributed by atoms with Crippen LogP contribution in [0.5, 0.6) is 0 Å². The molecule has 0 aromatic heterocycles. The molecule has 4 rings (SSSR count). The van der Waals surface area contributed by atoms with Gasteiger partial charge in [-0.2, -0.15) is 0 Å². The summed E-state index contributed by atoms with van der Waals surface area (Å²) in [5.41, 5.74) is 2.13. The van der Waals surface area contributed by atoms with E-state index in [1.807, 2.05) is 37.3 Å². The van der Waals surface area contributed by atoms with Gasteiger partial charge in [0.1, 0.15) is 0 Å². The second-order valence-corrected chi connectivity index (χ2v) is 6.21. The molecular weight excluding hydrogens is 304 g/mol. The third-order valence-corrected chi connectivity index (χ3v) is 4.46. The minimum atomic E-state index is -1.20. The van der Waals surface area contributed by atoms with Gasteiger partial charge in [-0.15, -0.1) is 0 Å². The topological polar surface area (TPSA) is 59.0 Å². The number of hydrogen-bond donors (Lipinski definition) is 0. The minimum Gasteiger partial charge on any atom is -0.378 e. The number of para-hydroxylation sites is 1. The standard InChI is InChI=1S/C19H16N2O3/c1-13-7-9-14(10-8-13)16-11-19(24-20-16)12-17(22)21(18(19)23)15-5-3-2-4-6-15/h2-10H,11-12H2,1H3/t19-/m0/s1. The molecule has 0 bridgehead atoms. The lowest BCUT2D eigenvalue weighted by molar-refractivity contribution is -0.136. The molecule has 1 saturated heterocycles. The Bertz CT molecular complexity index is 843. The molecule has 0 aliphatic carbocycles. The third kappa shape index (κ3) is 2.21. The number of aryl methyl sites for hydroxylation is 1. The molecule has 5 nitrogen and oxygen atoms in total. The van der Waals surface area contributed by atoms with Gasteiger partial charge in [0.05, 0.1) is 17.8 Å².